The minimum absolute atomic E-state index is 0.00414. The SMILES string of the molecule is Cc1ncc(C(=O)Nc2ccc(F)cc2S(C)(=O)=O)cn1. The third-order valence-electron chi connectivity index (χ3n) is 2.63. The van der Waals surface area contributed by atoms with E-state index in [1.54, 1.807) is 6.92 Å². The number of hydrogen-bond acceptors (Lipinski definition) is 5. The first kappa shape index (κ1) is 15.0. The zero-order valence-corrected chi connectivity index (χ0v) is 12.1. The summed E-state index contributed by atoms with van der Waals surface area (Å²) in [6, 6.07) is 3.12. The fraction of sp³-hybridized carbons (Fsp3) is 0.154. The summed E-state index contributed by atoms with van der Waals surface area (Å²) < 4.78 is 36.4. The maximum absolute atomic E-state index is 13.2. The van der Waals surface area contributed by atoms with Gasteiger partial charge in [0.1, 0.15) is 11.6 Å². The Kier molecular flexibility index (Phi) is 3.99. The molecule has 0 bridgehead atoms. The molecule has 2 aromatic rings. The molecule has 0 spiro atoms. The summed E-state index contributed by atoms with van der Waals surface area (Å²) in [6.45, 7) is 1.67. The second-order valence-electron chi connectivity index (χ2n) is 4.39. The summed E-state index contributed by atoms with van der Waals surface area (Å²) in [4.78, 5) is 19.5. The van der Waals surface area contributed by atoms with Gasteiger partial charge in [0.15, 0.2) is 9.84 Å². The van der Waals surface area contributed by atoms with Gasteiger partial charge in [0.2, 0.25) is 0 Å². The molecular weight excluding hydrogens is 297 g/mol. The largest absolute Gasteiger partial charge is 0.321 e. The smallest absolute Gasteiger partial charge is 0.258 e. The first-order chi connectivity index (χ1) is 9.77. The third kappa shape index (κ3) is 3.60. The van der Waals surface area contributed by atoms with E-state index in [-0.39, 0.29) is 16.1 Å². The van der Waals surface area contributed by atoms with Crippen LogP contribution in [-0.2, 0) is 9.84 Å². The molecule has 0 aliphatic rings. The van der Waals surface area contributed by atoms with Crippen LogP contribution in [0.4, 0.5) is 10.1 Å². The average molecular weight is 309 g/mol. The van der Waals surface area contributed by atoms with E-state index in [0.29, 0.717) is 5.82 Å². The second kappa shape index (κ2) is 5.57. The molecule has 0 radical (unpaired) electrons. The summed E-state index contributed by atoms with van der Waals surface area (Å²) in [7, 11) is -3.68. The van der Waals surface area contributed by atoms with Crippen molar-refractivity contribution in [3.63, 3.8) is 0 Å². The summed E-state index contributed by atoms with van der Waals surface area (Å²) in [5.74, 6) is -0.774. The molecule has 1 heterocycles. The van der Waals surface area contributed by atoms with E-state index in [0.717, 1.165) is 18.4 Å². The number of halogens is 1. The number of carbonyl (C=O) groups is 1. The van der Waals surface area contributed by atoms with Crippen LogP contribution in [0.1, 0.15) is 16.2 Å². The molecule has 6 nitrogen and oxygen atoms in total. The average Bonchev–Trinajstić information content (AvgIpc) is 2.40. The number of rotatable bonds is 3. The van der Waals surface area contributed by atoms with Crippen LogP contribution in [-0.4, -0.2) is 30.5 Å². The van der Waals surface area contributed by atoms with Crippen molar-refractivity contribution in [2.75, 3.05) is 11.6 Å². The van der Waals surface area contributed by atoms with Crippen molar-refractivity contribution >= 4 is 21.4 Å². The van der Waals surface area contributed by atoms with E-state index in [1.807, 2.05) is 0 Å². The maximum Gasteiger partial charge on any atom is 0.258 e. The van der Waals surface area contributed by atoms with Crippen LogP contribution in [0, 0.1) is 12.7 Å². The van der Waals surface area contributed by atoms with E-state index in [9.17, 15) is 17.6 Å². The Morgan fingerprint density at radius 3 is 2.43 bits per heavy atom. The van der Waals surface area contributed by atoms with Gasteiger partial charge in [-0.15, -0.1) is 0 Å². The minimum atomic E-state index is -3.68. The molecule has 0 aliphatic heterocycles. The molecule has 1 amide bonds. The van der Waals surface area contributed by atoms with Crippen LogP contribution >= 0.6 is 0 Å². The summed E-state index contributed by atoms with van der Waals surface area (Å²) in [5.41, 5.74) is 0.175. The number of amides is 1. The standard InChI is InChI=1S/C13H12FN3O3S/c1-8-15-6-9(7-16-8)13(18)17-11-4-3-10(14)5-12(11)21(2,19)20/h3-7H,1-2H3,(H,17,18). The van der Waals surface area contributed by atoms with E-state index in [1.165, 1.54) is 18.5 Å². The number of benzene rings is 1. The number of hydrogen-bond donors (Lipinski definition) is 1. The Morgan fingerprint density at radius 2 is 1.86 bits per heavy atom. The zero-order chi connectivity index (χ0) is 15.6. The molecule has 0 atom stereocenters. The van der Waals surface area contributed by atoms with E-state index < -0.39 is 21.6 Å². The predicted octanol–water partition coefficient (Wildman–Crippen LogP) is 1.58. The van der Waals surface area contributed by atoms with Gasteiger partial charge in [-0.2, -0.15) is 0 Å². The maximum atomic E-state index is 13.2. The topological polar surface area (TPSA) is 89.0 Å². The molecule has 0 saturated heterocycles. The number of nitrogens with one attached hydrogen (secondary N) is 1. The molecule has 2 rings (SSSR count). The highest BCUT2D eigenvalue weighted by Gasteiger charge is 2.17. The van der Waals surface area contributed by atoms with Gasteiger partial charge in [-0.25, -0.2) is 22.8 Å². The van der Waals surface area contributed by atoms with E-state index >= 15 is 0 Å². The van der Waals surface area contributed by atoms with Crippen molar-refractivity contribution < 1.29 is 17.6 Å². The van der Waals surface area contributed by atoms with Gasteiger partial charge in [0.25, 0.3) is 5.91 Å². The first-order valence-corrected chi connectivity index (χ1v) is 7.76. The lowest BCUT2D eigenvalue weighted by molar-refractivity contribution is 0.102. The number of carbonyl (C=O) groups excluding carboxylic acids is 1. The highest BCUT2D eigenvalue weighted by atomic mass is 32.2. The zero-order valence-electron chi connectivity index (χ0n) is 11.3. The highest BCUT2D eigenvalue weighted by Crippen LogP contribution is 2.22. The first-order valence-electron chi connectivity index (χ1n) is 5.87. The molecule has 0 aliphatic carbocycles. The molecule has 21 heavy (non-hydrogen) atoms. The lowest BCUT2D eigenvalue weighted by Crippen LogP contribution is -2.15. The molecule has 8 heteroatoms. The van der Waals surface area contributed by atoms with Crippen molar-refractivity contribution in [2.45, 2.75) is 11.8 Å². The van der Waals surface area contributed by atoms with Gasteiger partial charge >= 0.3 is 0 Å². The molecule has 0 fully saturated rings. The van der Waals surface area contributed by atoms with Crippen LogP contribution in [0.5, 0.6) is 0 Å². The van der Waals surface area contributed by atoms with Crippen molar-refractivity contribution in [3.05, 3.63) is 47.8 Å². The minimum Gasteiger partial charge on any atom is -0.321 e. The fourth-order valence-electron chi connectivity index (χ4n) is 1.61. The van der Waals surface area contributed by atoms with Crippen molar-refractivity contribution in [2.24, 2.45) is 0 Å². The van der Waals surface area contributed by atoms with Gasteiger partial charge in [-0.05, 0) is 25.1 Å². The van der Waals surface area contributed by atoms with Crippen LogP contribution < -0.4 is 5.32 Å². The monoisotopic (exact) mass is 309 g/mol. The molecular formula is C13H12FN3O3S. The predicted molar refractivity (Wildman–Crippen MR) is 74.2 cm³/mol. The quantitative estimate of drug-likeness (QED) is 0.930. The Bertz CT molecular complexity index is 789. The molecule has 1 N–H and O–H groups in total. The summed E-state index contributed by atoms with van der Waals surface area (Å²) >= 11 is 0. The molecule has 1 aromatic carbocycles. The number of sulfone groups is 1. The Balaban J connectivity index is 2.36. The van der Waals surface area contributed by atoms with Gasteiger partial charge in [0, 0.05) is 18.6 Å². The van der Waals surface area contributed by atoms with Crippen LogP contribution in [0.25, 0.3) is 0 Å². The van der Waals surface area contributed by atoms with Gasteiger partial charge < -0.3 is 5.32 Å². The van der Waals surface area contributed by atoms with Crippen molar-refractivity contribution in [1.29, 1.82) is 0 Å². The van der Waals surface area contributed by atoms with Crippen LogP contribution in [0.3, 0.4) is 0 Å². The van der Waals surface area contributed by atoms with E-state index in [4.69, 9.17) is 0 Å². The van der Waals surface area contributed by atoms with Crippen LogP contribution in [0.2, 0.25) is 0 Å². The number of anilines is 1. The lowest BCUT2D eigenvalue weighted by atomic mass is 10.2. The molecule has 1 aromatic heterocycles. The highest BCUT2D eigenvalue weighted by molar-refractivity contribution is 7.90. The second-order valence-corrected chi connectivity index (χ2v) is 6.37. The van der Waals surface area contributed by atoms with Gasteiger partial charge in [-0.3, -0.25) is 4.79 Å². The van der Waals surface area contributed by atoms with E-state index in [2.05, 4.69) is 15.3 Å². The van der Waals surface area contributed by atoms with Crippen molar-refractivity contribution in [1.82, 2.24) is 9.97 Å². The number of aryl methyl sites for hydroxylation is 1. The molecule has 0 saturated carbocycles. The third-order valence-corrected chi connectivity index (χ3v) is 3.77. The normalized spacial score (nSPS) is 11.2. The lowest BCUT2D eigenvalue weighted by Gasteiger charge is -2.09. The summed E-state index contributed by atoms with van der Waals surface area (Å²) in [6.07, 6.45) is 3.58. The van der Waals surface area contributed by atoms with Gasteiger partial charge in [0.05, 0.1) is 16.1 Å². The number of aromatic nitrogens is 2. The summed E-state index contributed by atoms with van der Waals surface area (Å²) in [5, 5.41) is 2.42. The van der Waals surface area contributed by atoms with Crippen LogP contribution in [0.15, 0.2) is 35.5 Å². The number of nitrogens with zero attached hydrogens (tertiary/aromatic N) is 2. The Hall–Kier alpha value is -2.35. The Labute approximate surface area is 121 Å². The fourth-order valence-corrected chi connectivity index (χ4v) is 2.46. The van der Waals surface area contributed by atoms with Crippen molar-refractivity contribution in [3.8, 4) is 0 Å². The Morgan fingerprint density at radius 1 is 1.24 bits per heavy atom. The molecule has 110 valence electrons. The molecule has 0 unspecified atom stereocenters. The van der Waals surface area contributed by atoms with Gasteiger partial charge in [-0.1, -0.05) is 0 Å².